The largest absolute Gasteiger partial charge is 0.378 e. The summed E-state index contributed by atoms with van der Waals surface area (Å²) >= 11 is 1.65. The highest BCUT2D eigenvalue weighted by Gasteiger charge is 2.37. The van der Waals surface area contributed by atoms with Gasteiger partial charge in [-0.2, -0.15) is 0 Å². The van der Waals surface area contributed by atoms with Crippen LogP contribution in [0, 0.1) is 5.41 Å². The van der Waals surface area contributed by atoms with Crippen LogP contribution in [-0.4, -0.2) is 43.0 Å². The van der Waals surface area contributed by atoms with Crippen molar-refractivity contribution in [3.05, 3.63) is 58.6 Å². The summed E-state index contributed by atoms with van der Waals surface area (Å²) in [6, 6.07) is 12.3. The summed E-state index contributed by atoms with van der Waals surface area (Å²) in [5, 5.41) is 4.00. The molecule has 5 rings (SSSR count). The first-order chi connectivity index (χ1) is 16.8. The van der Waals surface area contributed by atoms with Crippen LogP contribution in [0.5, 0.6) is 0 Å². The van der Waals surface area contributed by atoms with Crippen LogP contribution in [0.1, 0.15) is 48.0 Å². The number of thiophene rings is 1. The predicted molar refractivity (Wildman–Crippen MR) is 140 cm³/mol. The molecule has 1 aliphatic carbocycles. The van der Waals surface area contributed by atoms with E-state index in [9.17, 15) is 9.59 Å². The van der Waals surface area contributed by atoms with Crippen LogP contribution in [0.3, 0.4) is 0 Å². The second-order valence-corrected chi connectivity index (χ2v) is 11.2. The van der Waals surface area contributed by atoms with Crippen molar-refractivity contribution in [2.45, 2.75) is 40.2 Å². The molecule has 0 radical (unpaired) electrons. The molecule has 7 heteroatoms. The third-order valence-corrected chi connectivity index (χ3v) is 8.01. The minimum absolute atomic E-state index is 0.0414. The molecule has 0 atom stereocenters. The lowest BCUT2D eigenvalue weighted by Crippen LogP contribution is -2.36. The Hall–Kier alpha value is -3.03. The maximum absolute atomic E-state index is 13.1. The third kappa shape index (κ3) is 5.02. The zero-order chi connectivity index (χ0) is 24.6. The number of carbonyl (C=O) groups excluding carboxylic acids is 2. The maximum Gasteiger partial charge on any atom is 0.217 e. The summed E-state index contributed by atoms with van der Waals surface area (Å²) in [6.45, 7) is 9.47. The predicted octanol–water partition coefficient (Wildman–Crippen LogP) is 5.10. The number of amides is 1. The first-order valence-electron chi connectivity index (χ1n) is 12.1. The van der Waals surface area contributed by atoms with Gasteiger partial charge in [-0.05, 0) is 40.7 Å². The molecule has 182 valence electrons. The molecule has 6 nitrogen and oxygen atoms in total. The smallest absolute Gasteiger partial charge is 0.217 e. The SMILES string of the molecule is CC(=O)NCc1ccc(-c2cc(-c3c(N4CCOCC4)sc4c3CC(C)(C)CC4=O)ccn2)cc1. The Morgan fingerprint density at radius 3 is 2.57 bits per heavy atom. The molecule has 3 heterocycles. The Kier molecular flexibility index (Phi) is 6.47. The topological polar surface area (TPSA) is 71.5 Å². The van der Waals surface area contributed by atoms with Crippen molar-refractivity contribution in [2.24, 2.45) is 5.41 Å². The van der Waals surface area contributed by atoms with Gasteiger partial charge in [0, 0.05) is 50.3 Å². The van der Waals surface area contributed by atoms with Gasteiger partial charge < -0.3 is 15.0 Å². The number of anilines is 1. The summed E-state index contributed by atoms with van der Waals surface area (Å²) in [7, 11) is 0. The fraction of sp³-hybridized carbons (Fsp3) is 0.393. The number of hydrogen-bond donors (Lipinski definition) is 1. The van der Waals surface area contributed by atoms with Crippen molar-refractivity contribution in [2.75, 3.05) is 31.2 Å². The Labute approximate surface area is 210 Å². The zero-order valence-corrected chi connectivity index (χ0v) is 21.3. The molecule has 1 N–H and O–H groups in total. The van der Waals surface area contributed by atoms with Crippen LogP contribution in [0.15, 0.2) is 42.6 Å². The number of Topliss-reactive ketones (excluding diaryl/α,β-unsaturated/α-hetero) is 1. The van der Waals surface area contributed by atoms with Gasteiger partial charge in [0.1, 0.15) is 0 Å². The van der Waals surface area contributed by atoms with Crippen molar-refractivity contribution in [1.82, 2.24) is 10.3 Å². The number of nitrogens with zero attached hydrogens (tertiary/aromatic N) is 2. The van der Waals surface area contributed by atoms with Gasteiger partial charge in [-0.1, -0.05) is 38.1 Å². The second-order valence-electron chi connectivity index (χ2n) is 10.2. The summed E-state index contributed by atoms with van der Waals surface area (Å²) in [6.07, 6.45) is 3.34. The van der Waals surface area contributed by atoms with E-state index in [0.29, 0.717) is 26.2 Å². The van der Waals surface area contributed by atoms with Crippen molar-refractivity contribution in [1.29, 1.82) is 0 Å². The average molecular weight is 490 g/mol. The number of benzene rings is 1. The van der Waals surface area contributed by atoms with Gasteiger partial charge in [0.05, 0.1) is 28.8 Å². The highest BCUT2D eigenvalue weighted by atomic mass is 32.1. The highest BCUT2D eigenvalue weighted by Crippen LogP contribution is 2.49. The van der Waals surface area contributed by atoms with E-state index in [1.54, 1.807) is 11.3 Å². The maximum atomic E-state index is 13.1. The quantitative estimate of drug-likeness (QED) is 0.540. The zero-order valence-electron chi connectivity index (χ0n) is 20.5. The van der Waals surface area contributed by atoms with Crippen LogP contribution in [-0.2, 0) is 22.5 Å². The Bertz CT molecular complexity index is 1260. The van der Waals surface area contributed by atoms with Crippen molar-refractivity contribution < 1.29 is 14.3 Å². The number of nitrogens with one attached hydrogen (secondary N) is 1. The molecule has 3 aromatic rings. The highest BCUT2D eigenvalue weighted by molar-refractivity contribution is 7.19. The Balaban J connectivity index is 1.55. The molecule has 1 fully saturated rings. The molecule has 1 saturated heterocycles. The van der Waals surface area contributed by atoms with E-state index in [2.05, 4.69) is 41.2 Å². The van der Waals surface area contributed by atoms with E-state index < -0.39 is 0 Å². The number of morpholine rings is 1. The molecule has 1 aliphatic heterocycles. The minimum atomic E-state index is -0.0538. The van der Waals surface area contributed by atoms with E-state index in [1.807, 2.05) is 30.5 Å². The van der Waals surface area contributed by atoms with Crippen LogP contribution in [0.4, 0.5) is 5.00 Å². The summed E-state index contributed by atoms with van der Waals surface area (Å²) in [4.78, 5) is 32.3. The number of rotatable bonds is 5. The third-order valence-electron chi connectivity index (χ3n) is 6.67. The van der Waals surface area contributed by atoms with Crippen LogP contribution in [0.2, 0.25) is 0 Å². The van der Waals surface area contributed by atoms with Crippen LogP contribution < -0.4 is 10.2 Å². The number of carbonyl (C=O) groups is 2. The van der Waals surface area contributed by atoms with Gasteiger partial charge in [-0.3, -0.25) is 14.6 Å². The normalized spacial score (nSPS) is 17.2. The first-order valence-corrected chi connectivity index (χ1v) is 12.9. The number of hydrogen-bond acceptors (Lipinski definition) is 6. The lowest BCUT2D eigenvalue weighted by atomic mass is 9.75. The molecule has 0 spiro atoms. The lowest BCUT2D eigenvalue weighted by molar-refractivity contribution is -0.119. The number of ketones is 1. The summed E-state index contributed by atoms with van der Waals surface area (Å²) in [5.74, 6) is 0.214. The molecular formula is C28H31N3O3S. The number of aromatic nitrogens is 1. The molecule has 0 bridgehead atoms. The lowest BCUT2D eigenvalue weighted by Gasteiger charge is -2.30. The standard InChI is InChI=1S/C28H31N3O3S/c1-18(32)30-17-19-4-6-20(7-5-19)23-14-21(8-9-29-23)25-22-15-28(2,3)16-24(33)26(22)35-27(25)31-10-12-34-13-11-31/h4-9,14H,10-13,15-17H2,1-3H3,(H,30,32). The fourth-order valence-corrected chi connectivity index (χ4v) is 6.28. The summed E-state index contributed by atoms with van der Waals surface area (Å²) < 4.78 is 5.60. The molecule has 35 heavy (non-hydrogen) atoms. The van der Waals surface area contributed by atoms with Gasteiger partial charge in [0.25, 0.3) is 0 Å². The Morgan fingerprint density at radius 2 is 1.86 bits per heavy atom. The van der Waals surface area contributed by atoms with E-state index in [4.69, 9.17) is 4.74 Å². The van der Waals surface area contributed by atoms with Crippen molar-refractivity contribution >= 4 is 28.0 Å². The van der Waals surface area contributed by atoms with E-state index in [0.717, 1.165) is 46.8 Å². The van der Waals surface area contributed by atoms with Crippen molar-refractivity contribution in [3.63, 3.8) is 0 Å². The van der Waals surface area contributed by atoms with Crippen LogP contribution >= 0.6 is 11.3 Å². The van der Waals surface area contributed by atoms with Gasteiger partial charge in [-0.25, -0.2) is 0 Å². The van der Waals surface area contributed by atoms with E-state index in [-0.39, 0.29) is 17.1 Å². The monoisotopic (exact) mass is 489 g/mol. The Morgan fingerprint density at radius 1 is 1.11 bits per heavy atom. The minimum Gasteiger partial charge on any atom is -0.378 e. The molecule has 2 aromatic heterocycles. The number of ether oxygens (including phenoxy) is 1. The van der Waals surface area contributed by atoms with Crippen LogP contribution in [0.25, 0.3) is 22.4 Å². The van der Waals surface area contributed by atoms with Crippen molar-refractivity contribution in [3.8, 4) is 22.4 Å². The number of pyridine rings is 1. The van der Waals surface area contributed by atoms with Gasteiger partial charge in [0.15, 0.2) is 5.78 Å². The second kappa shape index (κ2) is 9.55. The van der Waals surface area contributed by atoms with Gasteiger partial charge in [0.2, 0.25) is 5.91 Å². The summed E-state index contributed by atoms with van der Waals surface area (Å²) in [5.41, 5.74) is 6.36. The van der Waals surface area contributed by atoms with E-state index in [1.165, 1.54) is 23.1 Å². The molecule has 2 aliphatic rings. The number of fused-ring (bicyclic) bond motifs is 1. The van der Waals surface area contributed by atoms with Gasteiger partial charge in [-0.15, -0.1) is 11.3 Å². The first kappa shape index (κ1) is 23.7. The average Bonchev–Trinajstić information content (AvgIpc) is 3.22. The molecule has 0 unspecified atom stereocenters. The molecule has 1 aromatic carbocycles. The fourth-order valence-electron chi connectivity index (χ4n) is 4.95. The van der Waals surface area contributed by atoms with E-state index >= 15 is 0 Å². The molecular weight excluding hydrogens is 458 g/mol. The van der Waals surface area contributed by atoms with Gasteiger partial charge >= 0.3 is 0 Å². The molecule has 0 saturated carbocycles. The molecule has 1 amide bonds.